The van der Waals surface area contributed by atoms with Crippen molar-refractivity contribution in [1.82, 2.24) is 0 Å². The molecule has 0 fully saturated rings. The average Bonchev–Trinajstić information content (AvgIpc) is 2.62. The summed E-state index contributed by atoms with van der Waals surface area (Å²) >= 11 is 0. The minimum absolute atomic E-state index is 0.289. The number of ether oxygens (including phenoxy) is 2. The van der Waals surface area contributed by atoms with E-state index in [1.807, 2.05) is 24.3 Å². The minimum atomic E-state index is -0.668. The van der Waals surface area contributed by atoms with Crippen molar-refractivity contribution in [2.45, 2.75) is 33.3 Å². The van der Waals surface area contributed by atoms with Crippen LogP contribution in [0.4, 0.5) is 5.69 Å². The maximum atomic E-state index is 12.3. The van der Waals surface area contributed by atoms with Gasteiger partial charge in [-0.3, -0.25) is 4.79 Å². The molecule has 1 atom stereocenters. The smallest absolute Gasteiger partial charge is 0.338 e. The minimum Gasteiger partial charge on any atom is -0.481 e. The number of esters is 1. The summed E-state index contributed by atoms with van der Waals surface area (Å²) in [6, 6.07) is 14.3. The van der Waals surface area contributed by atoms with Crippen molar-refractivity contribution >= 4 is 17.6 Å². The van der Waals surface area contributed by atoms with Gasteiger partial charge in [0.05, 0.1) is 12.2 Å². The van der Waals surface area contributed by atoms with Crippen molar-refractivity contribution in [1.29, 1.82) is 0 Å². The topological polar surface area (TPSA) is 64.6 Å². The lowest BCUT2D eigenvalue weighted by molar-refractivity contribution is -0.122. The summed E-state index contributed by atoms with van der Waals surface area (Å²) in [5.41, 5.74) is 2.06. The van der Waals surface area contributed by atoms with Gasteiger partial charge < -0.3 is 14.8 Å². The van der Waals surface area contributed by atoms with Crippen LogP contribution in [-0.2, 0) is 16.0 Å². The van der Waals surface area contributed by atoms with Crippen LogP contribution in [0.25, 0.3) is 0 Å². The number of hydrogen-bond acceptors (Lipinski definition) is 4. The highest BCUT2D eigenvalue weighted by molar-refractivity contribution is 5.96. The van der Waals surface area contributed by atoms with Gasteiger partial charge in [0.25, 0.3) is 5.91 Å². The fourth-order valence-corrected chi connectivity index (χ4v) is 2.28. The highest BCUT2D eigenvalue weighted by Crippen LogP contribution is 2.17. The average molecular weight is 341 g/mol. The molecule has 25 heavy (non-hydrogen) atoms. The second-order valence-electron chi connectivity index (χ2n) is 5.55. The number of carbonyl (C=O) groups excluding carboxylic acids is 2. The molecule has 0 aliphatic carbocycles. The van der Waals surface area contributed by atoms with Crippen LogP contribution >= 0.6 is 0 Å². The maximum absolute atomic E-state index is 12.3. The molecule has 5 nitrogen and oxygen atoms in total. The van der Waals surface area contributed by atoms with E-state index < -0.39 is 12.1 Å². The van der Waals surface area contributed by atoms with Crippen LogP contribution < -0.4 is 10.1 Å². The third-order valence-corrected chi connectivity index (χ3v) is 3.63. The molecule has 0 spiro atoms. The fourth-order valence-electron chi connectivity index (χ4n) is 2.28. The van der Waals surface area contributed by atoms with Gasteiger partial charge in [0.15, 0.2) is 6.10 Å². The van der Waals surface area contributed by atoms with Gasteiger partial charge in [-0.1, -0.05) is 25.1 Å². The third kappa shape index (κ3) is 5.35. The molecule has 0 bridgehead atoms. The molecule has 1 unspecified atom stereocenters. The second kappa shape index (κ2) is 8.87. The predicted molar refractivity (Wildman–Crippen MR) is 96.9 cm³/mol. The molecule has 1 amide bonds. The Morgan fingerprint density at radius 2 is 1.84 bits per heavy atom. The zero-order valence-electron chi connectivity index (χ0n) is 14.7. The lowest BCUT2D eigenvalue weighted by Crippen LogP contribution is -2.30. The Morgan fingerprint density at radius 1 is 1.08 bits per heavy atom. The maximum Gasteiger partial charge on any atom is 0.338 e. The number of rotatable bonds is 7. The molecule has 5 heteroatoms. The summed E-state index contributed by atoms with van der Waals surface area (Å²) in [5.74, 6) is -0.0514. The van der Waals surface area contributed by atoms with Crippen LogP contribution in [0.2, 0.25) is 0 Å². The summed E-state index contributed by atoms with van der Waals surface area (Å²) in [6.07, 6.45) is 0.233. The Hall–Kier alpha value is -2.82. The van der Waals surface area contributed by atoms with E-state index in [0.29, 0.717) is 23.6 Å². The number of nitrogens with one attached hydrogen (secondary N) is 1. The number of benzene rings is 2. The quantitative estimate of drug-likeness (QED) is 0.777. The van der Waals surface area contributed by atoms with E-state index >= 15 is 0 Å². The molecule has 0 aliphatic heterocycles. The summed E-state index contributed by atoms with van der Waals surface area (Å²) < 4.78 is 10.7. The Bertz CT molecular complexity index is 742. The summed E-state index contributed by atoms with van der Waals surface area (Å²) in [4.78, 5) is 24.1. The molecule has 0 saturated carbocycles. The molecule has 2 aromatic rings. The summed E-state index contributed by atoms with van der Waals surface area (Å²) in [6.45, 7) is 5.79. The highest BCUT2D eigenvalue weighted by atomic mass is 16.5. The largest absolute Gasteiger partial charge is 0.481 e. The Labute approximate surface area is 148 Å². The SMILES string of the molecule is CCOC(=O)c1cccc(NC(=O)C(C)Oc2cccc(CC)c2)c1. The van der Waals surface area contributed by atoms with Crippen molar-refractivity contribution in [3.05, 3.63) is 59.7 Å². The van der Waals surface area contributed by atoms with Crippen molar-refractivity contribution < 1.29 is 19.1 Å². The lowest BCUT2D eigenvalue weighted by atomic mass is 10.1. The molecular weight excluding hydrogens is 318 g/mol. The Morgan fingerprint density at radius 3 is 2.56 bits per heavy atom. The molecule has 2 rings (SSSR count). The molecule has 0 aromatic heterocycles. The highest BCUT2D eigenvalue weighted by Gasteiger charge is 2.16. The summed E-state index contributed by atoms with van der Waals surface area (Å²) in [7, 11) is 0. The van der Waals surface area contributed by atoms with Crippen LogP contribution in [0, 0.1) is 0 Å². The number of carbonyl (C=O) groups is 2. The lowest BCUT2D eigenvalue weighted by Gasteiger charge is -2.15. The monoisotopic (exact) mass is 341 g/mol. The molecule has 0 radical (unpaired) electrons. The van der Waals surface area contributed by atoms with Gasteiger partial charge in [-0.05, 0) is 56.2 Å². The first kappa shape index (κ1) is 18.5. The standard InChI is InChI=1S/C20H23NO4/c1-4-15-8-6-11-18(12-15)25-14(3)19(22)21-17-10-7-9-16(13-17)20(23)24-5-2/h6-14H,4-5H2,1-3H3,(H,21,22). The van der Waals surface area contributed by atoms with Crippen molar-refractivity contribution in [2.75, 3.05) is 11.9 Å². The van der Waals surface area contributed by atoms with Crippen molar-refractivity contribution in [3.8, 4) is 5.75 Å². The first-order valence-electron chi connectivity index (χ1n) is 8.37. The third-order valence-electron chi connectivity index (χ3n) is 3.63. The molecule has 2 aromatic carbocycles. The van der Waals surface area contributed by atoms with Gasteiger partial charge in [0.1, 0.15) is 5.75 Å². The number of amides is 1. The second-order valence-corrected chi connectivity index (χ2v) is 5.55. The van der Waals surface area contributed by atoms with E-state index in [1.165, 1.54) is 0 Å². The van der Waals surface area contributed by atoms with Gasteiger partial charge in [0, 0.05) is 5.69 Å². The van der Waals surface area contributed by atoms with Gasteiger partial charge in [-0.15, -0.1) is 0 Å². The molecule has 1 N–H and O–H groups in total. The Balaban J connectivity index is 2.01. The zero-order chi connectivity index (χ0) is 18.2. The Kier molecular flexibility index (Phi) is 6.57. The first-order valence-corrected chi connectivity index (χ1v) is 8.37. The molecule has 0 aliphatic rings. The van der Waals surface area contributed by atoms with E-state index in [0.717, 1.165) is 12.0 Å². The number of aryl methyl sites for hydroxylation is 1. The van der Waals surface area contributed by atoms with Gasteiger partial charge in [-0.2, -0.15) is 0 Å². The van der Waals surface area contributed by atoms with E-state index in [2.05, 4.69) is 12.2 Å². The van der Waals surface area contributed by atoms with Crippen LogP contribution in [0.3, 0.4) is 0 Å². The van der Waals surface area contributed by atoms with E-state index in [4.69, 9.17) is 9.47 Å². The number of anilines is 1. The molecule has 0 saturated heterocycles. The zero-order valence-corrected chi connectivity index (χ0v) is 14.7. The van der Waals surface area contributed by atoms with E-state index in [9.17, 15) is 9.59 Å². The van der Waals surface area contributed by atoms with Gasteiger partial charge in [0.2, 0.25) is 0 Å². The number of hydrogen-bond donors (Lipinski definition) is 1. The first-order chi connectivity index (χ1) is 12.0. The molecule has 0 heterocycles. The van der Waals surface area contributed by atoms with Crippen LogP contribution in [0.1, 0.15) is 36.7 Å². The van der Waals surface area contributed by atoms with Crippen LogP contribution in [-0.4, -0.2) is 24.6 Å². The van der Waals surface area contributed by atoms with Gasteiger partial charge in [-0.25, -0.2) is 4.79 Å². The van der Waals surface area contributed by atoms with Crippen LogP contribution in [0.15, 0.2) is 48.5 Å². The summed E-state index contributed by atoms with van der Waals surface area (Å²) in [5, 5.41) is 2.76. The van der Waals surface area contributed by atoms with Crippen molar-refractivity contribution in [2.24, 2.45) is 0 Å². The molecular formula is C20H23NO4. The van der Waals surface area contributed by atoms with Gasteiger partial charge >= 0.3 is 5.97 Å². The van der Waals surface area contributed by atoms with E-state index in [-0.39, 0.29) is 5.91 Å². The van der Waals surface area contributed by atoms with E-state index in [1.54, 1.807) is 38.1 Å². The fraction of sp³-hybridized carbons (Fsp3) is 0.300. The van der Waals surface area contributed by atoms with Crippen molar-refractivity contribution in [3.63, 3.8) is 0 Å². The normalized spacial score (nSPS) is 11.5. The van der Waals surface area contributed by atoms with Crippen LogP contribution in [0.5, 0.6) is 5.75 Å². The predicted octanol–water partition coefficient (Wildman–Crippen LogP) is 3.83. The molecule has 132 valence electrons.